The topological polar surface area (TPSA) is 70.7 Å². The van der Waals surface area contributed by atoms with Crippen molar-refractivity contribution >= 4 is 48.2 Å². The summed E-state index contributed by atoms with van der Waals surface area (Å²) in [6, 6.07) is 1.26. The molecular weight excluding hydrogens is 462 g/mol. The van der Waals surface area contributed by atoms with Crippen molar-refractivity contribution < 1.29 is 14.6 Å². The SMILES string of the molecule is Cc1c(C)c2c(C)c(O)c(O)cc2oc1=O.II. The predicted octanol–water partition coefficient (Wildman–Crippen LogP) is 3.90. The molecular formula is C12H12I2O4. The summed E-state index contributed by atoms with van der Waals surface area (Å²) in [6.07, 6.45) is 0. The average Bonchev–Trinajstić information content (AvgIpc) is 2.35. The van der Waals surface area contributed by atoms with Gasteiger partial charge in [-0.3, -0.25) is 0 Å². The summed E-state index contributed by atoms with van der Waals surface area (Å²) in [4.78, 5) is 11.5. The summed E-state index contributed by atoms with van der Waals surface area (Å²) in [5.74, 6) is -0.458. The normalized spacial score (nSPS) is 10.1. The average molecular weight is 474 g/mol. The van der Waals surface area contributed by atoms with Gasteiger partial charge in [0.1, 0.15) is 5.58 Å². The number of benzene rings is 1. The molecule has 0 saturated heterocycles. The number of hydrogen-bond donors (Lipinski definition) is 2. The van der Waals surface area contributed by atoms with Crippen molar-refractivity contribution in [2.24, 2.45) is 0 Å². The molecule has 6 heteroatoms. The summed E-state index contributed by atoms with van der Waals surface area (Å²) in [6.45, 7) is 5.13. The number of aryl methyl sites for hydroxylation is 2. The van der Waals surface area contributed by atoms with Crippen LogP contribution >= 0.6 is 37.2 Å². The number of aromatic hydroxyl groups is 2. The summed E-state index contributed by atoms with van der Waals surface area (Å²) in [5, 5.41) is 19.7. The first kappa shape index (κ1) is 15.5. The second-order valence-electron chi connectivity index (χ2n) is 3.88. The van der Waals surface area contributed by atoms with E-state index >= 15 is 0 Å². The Labute approximate surface area is 127 Å². The van der Waals surface area contributed by atoms with Gasteiger partial charge in [0, 0.05) is 59.8 Å². The molecule has 0 aliphatic heterocycles. The van der Waals surface area contributed by atoms with Crippen LogP contribution in [0.15, 0.2) is 15.3 Å². The van der Waals surface area contributed by atoms with Crippen LogP contribution in [-0.2, 0) is 0 Å². The van der Waals surface area contributed by atoms with Gasteiger partial charge >= 0.3 is 5.63 Å². The third kappa shape index (κ3) is 2.58. The molecule has 0 amide bonds. The Balaban J connectivity index is 0.000000771. The van der Waals surface area contributed by atoms with Crippen molar-refractivity contribution in [2.75, 3.05) is 0 Å². The fraction of sp³-hybridized carbons (Fsp3) is 0.250. The van der Waals surface area contributed by atoms with Gasteiger partial charge in [-0.2, -0.15) is 0 Å². The van der Waals surface area contributed by atoms with Crippen LogP contribution < -0.4 is 5.63 Å². The van der Waals surface area contributed by atoms with Crippen LogP contribution in [0.4, 0.5) is 0 Å². The van der Waals surface area contributed by atoms with E-state index in [0.717, 1.165) is 5.56 Å². The van der Waals surface area contributed by atoms with Gasteiger partial charge in [-0.15, -0.1) is 0 Å². The number of phenolic OH excluding ortho intramolecular Hbond substituents is 2. The van der Waals surface area contributed by atoms with Crippen molar-refractivity contribution in [1.82, 2.24) is 0 Å². The highest BCUT2D eigenvalue weighted by molar-refractivity contribution is 15.0. The smallest absolute Gasteiger partial charge is 0.339 e. The number of hydrogen-bond acceptors (Lipinski definition) is 4. The quantitative estimate of drug-likeness (QED) is 0.346. The highest BCUT2D eigenvalue weighted by Crippen LogP contribution is 2.36. The second-order valence-corrected chi connectivity index (χ2v) is 3.88. The van der Waals surface area contributed by atoms with Crippen molar-refractivity contribution in [3.05, 3.63) is 33.2 Å². The van der Waals surface area contributed by atoms with Crippen LogP contribution in [-0.4, -0.2) is 10.2 Å². The van der Waals surface area contributed by atoms with E-state index in [1.54, 1.807) is 20.8 Å². The van der Waals surface area contributed by atoms with Gasteiger partial charge < -0.3 is 14.6 Å². The molecule has 0 saturated carbocycles. The maximum atomic E-state index is 11.5. The zero-order valence-electron chi connectivity index (χ0n) is 10.0. The molecule has 0 spiro atoms. The van der Waals surface area contributed by atoms with Crippen LogP contribution in [0.1, 0.15) is 16.7 Å². The number of phenols is 2. The number of fused-ring (bicyclic) bond motifs is 1. The maximum absolute atomic E-state index is 11.5. The first-order valence-electron chi connectivity index (χ1n) is 5.03. The van der Waals surface area contributed by atoms with Gasteiger partial charge in [0.15, 0.2) is 11.5 Å². The molecule has 0 aliphatic carbocycles. The van der Waals surface area contributed by atoms with Gasteiger partial charge in [0.25, 0.3) is 0 Å². The van der Waals surface area contributed by atoms with Crippen molar-refractivity contribution in [3.63, 3.8) is 0 Å². The van der Waals surface area contributed by atoms with Crippen molar-refractivity contribution in [2.45, 2.75) is 20.8 Å². The van der Waals surface area contributed by atoms with E-state index < -0.39 is 5.63 Å². The predicted molar refractivity (Wildman–Crippen MR) is 88.1 cm³/mol. The van der Waals surface area contributed by atoms with Gasteiger partial charge in [0.05, 0.1) is 0 Å². The molecule has 0 atom stereocenters. The first-order valence-corrected chi connectivity index (χ1v) is 11.3. The molecule has 98 valence electrons. The van der Waals surface area contributed by atoms with Gasteiger partial charge in [-0.25, -0.2) is 4.79 Å². The Hall–Kier alpha value is -0.510. The third-order valence-electron chi connectivity index (χ3n) is 2.93. The summed E-state index contributed by atoms with van der Waals surface area (Å²) < 4.78 is 5.06. The Morgan fingerprint density at radius 1 is 1.06 bits per heavy atom. The molecule has 18 heavy (non-hydrogen) atoms. The zero-order chi connectivity index (χ0) is 14.0. The van der Waals surface area contributed by atoms with E-state index in [-0.39, 0.29) is 11.5 Å². The molecule has 1 aromatic carbocycles. The third-order valence-corrected chi connectivity index (χ3v) is 2.93. The lowest BCUT2D eigenvalue weighted by atomic mass is 10.0. The molecule has 0 aliphatic rings. The van der Waals surface area contributed by atoms with Crippen LogP contribution in [0.3, 0.4) is 0 Å². The van der Waals surface area contributed by atoms with Gasteiger partial charge in [-0.1, -0.05) is 0 Å². The highest BCUT2D eigenvalue weighted by Gasteiger charge is 2.15. The minimum absolute atomic E-state index is 0.177. The number of halogens is 2. The molecule has 0 radical (unpaired) electrons. The Kier molecular flexibility index (Phi) is 5.26. The molecule has 0 unspecified atom stereocenters. The molecule has 1 aromatic heterocycles. The first-order chi connectivity index (χ1) is 8.43. The Morgan fingerprint density at radius 2 is 1.61 bits per heavy atom. The standard InChI is InChI=1S/C12H12O4.I2/c1-5-6(2)12(15)16-9-4-8(13)11(14)7(3)10(5)9;1-2/h4,13-14H,1-3H3;. The van der Waals surface area contributed by atoms with Gasteiger partial charge in [-0.05, 0) is 26.3 Å². The minimum Gasteiger partial charge on any atom is -0.504 e. The largest absolute Gasteiger partial charge is 0.504 e. The lowest BCUT2D eigenvalue weighted by Gasteiger charge is -2.09. The Morgan fingerprint density at radius 3 is 2.17 bits per heavy atom. The highest BCUT2D eigenvalue weighted by atomic mass is 128. The van der Waals surface area contributed by atoms with E-state index in [1.807, 2.05) is 0 Å². The fourth-order valence-corrected chi connectivity index (χ4v) is 1.82. The van der Waals surface area contributed by atoms with Crippen LogP contribution in [0.2, 0.25) is 0 Å². The van der Waals surface area contributed by atoms with Gasteiger partial charge in [0.2, 0.25) is 0 Å². The molecule has 2 rings (SSSR count). The van der Waals surface area contributed by atoms with Crippen LogP contribution in [0.25, 0.3) is 11.0 Å². The lowest BCUT2D eigenvalue weighted by molar-refractivity contribution is 0.400. The van der Waals surface area contributed by atoms with Crippen LogP contribution in [0, 0.1) is 20.8 Å². The number of rotatable bonds is 0. The monoisotopic (exact) mass is 474 g/mol. The van der Waals surface area contributed by atoms with E-state index in [0.29, 0.717) is 22.1 Å². The van der Waals surface area contributed by atoms with E-state index in [9.17, 15) is 15.0 Å². The maximum Gasteiger partial charge on any atom is 0.339 e. The molecule has 0 fully saturated rings. The summed E-state index contributed by atoms with van der Waals surface area (Å²) >= 11 is 4.24. The lowest BCUT2D eigenvalue weighted by Crippen LogP contribution is -2.06. The molecule has 2 aromatic rings. The molecule has 4 nitrogen and oxygen atoms in total. The van der Waals surface area contributed by atoms with Crippen molar-refractivity contribution in [3.8, 4) is 11.5 Å². The fourth-order valence-electron chi connectivity index (χ4n) is 1.82. The van der Waals surface area contributed by atoms with E-state index in [4.69, 9.17) is 4.42 Å². The zero-order valence-corrected chi connectivity index (χ0v) is 14.4. The van der Waals surface area contributed by atoms with E-state index in [1.165, 1.54) is 6.07 Å². The minimum atomic E-state index is -0.422. The van der Waals surface area contributed by atoms with Crippen molar-refractivity contribution in [1.29, 1.82) is 0 Å². The summed E-state index contributed by atoms with van der Waals surface area (Å²) in [5.41, 5.74) is 1.66. The van der Waals surface area contributed by atoms with Crippen LogP contribution in [0.5, 0.6) is 11.5 Å². The molecule has 1 heterocycles. The molecule has 2 N–H and O–H groups in total. The Bertz CT molecular complexity index is 647. The molecule has 0 bridgehead atoms. The second kappa shape index (κ2) is 6.09. The van der Waals surface area contributed by atoms with E-state index in [2.05, 4.69) is 37.2 Å². The summed E-state index contributed by atoms with van der Waals surface area (Å²) in [7, 11) is 0.